The van der Waals surface area contributed by atoms with Crippen LogP contribution in [0.2, 0.25) is 5.02 Å². The largest absolute Gasteiger partial charge is 0.497 e. The predicted molar refractivity (Wildman–Crippen MR) is 134 cm³/mol. The van der Waals surface area contributed by atoms with E-state index in [1.807, 2.05) is 6.07 Å². The average molecular weight is 521 g/mol. The molecule has 0 spiro atoms. The highest BCUT2D eigenvalue weighted by atomic mass is 35.5. The zero-order valence-electron chi connectivity index (χ0n) is 18.0. The average Bonchev–Trinajstić information content (AvgIpc) is 3.19. The van der Waals surface area contributed by atoms with Crippen LogP contribution >= 0.6 is 36.4 Å². The van der Waals surface area contributed by atoms with E-state index in [1.165, 1.54) is 3.97 Å². The van der Waals surface area contributed by atoms with E-state index in [9.17, 15) is 8.42 Å². The van der Waals surface area contributed by atoms with Gasteiger partial charge >= 0.3 is 0 Å². The molecule has 0 N–H and O–H groups in total. The fourth-order valence-electron chi connectivity index (χ4n) is 3.88. The smallest absolute Gasteiger partial charge is 0.268 e. The molecule has 6 nitrogen and oxygen atoms in total. The molecular formula is C22H28Cl3N3O3S. The maximum Gasteiger partial charge on any atom is 0.268 e. The van der Waals surface area contributed by atoms with Crippen LogP contribution in [0.25, 0.3) is 10.9 Å². The third-order valence-corrected chi connectivity index (χ3v) is 7.80. The number of hydrogen-bond donors (Lipinski definition) is 0. The number of benzene rings is 2. The van der Waals surface area contributed by atoms with Crippen molar-refractivity contribution in [3.63, 3.8) is 0 Å². The number of fused-ring (bicyclic) bond motifs is 1. The van der Waals surface area contributed by atoms with Gasteiger partial charge in [-0.3, -0.25) is 4.90 Å². The highest BCUT2D eigenvalue weighted by Gasteiger charge is 2.22. The van der Waals surface area contributed by atoms with Gasteiger partial charge in [0, 0.05) is 49.3 Å². The second-order valence-electron chi connectivity index (χ2n) is 7.50. The molecule has 4 rings (SSSR count). The van der Waals surface area contributed by atoms with Gasteiger partial charge in [0.25, 0.3) is 10.0 Å². The number of likely N-dealkylation sites (N-methyl/N-ethyl adjacent to an activating group) is 1. The summed E-state index contributed by atoms with van der Waals surface area (Å²) in [6, 6.07) is 12.1. The molecule has 0 saturated carbocycles. The molecule has 0 radical (unpaired) electrons. The number of piperazine rings is 1. The van der Waals surface area contributed by atoms with Gasteiger partial charge in [-0.05, 0) is 54.6 Å². The fraction of sp³-hybridized carbons (Fsp3) is 0.364. The number of halogens is 3. The summed E-state index contributed by atoms with van der Waals surface area (Å²) in [6.45, 7) is 7.80. The maximum absolute atomic E-state index is 13.4. The van der Waals surface area contributed by atoms with Crippen molar-refractivity contribution in [2.45, 2.75) is 18.4 Å². The fourth-order valence-corrected chi connectivity index (χ4v) is 5.46. The minimum absolute atomic E-state index is 0. The Kier molecular flexibility index (Phi) is 9.28. The first-order valence-corrected chi connectivity index (χ1v) is 11.9. The Morgan fingerprint density at radius 1 is 0.969 bits per heavy atom. The highest BCUT2D eigenvalue weighted by molar-refractivity contribution is 7.90. The number of aromatic nitrogens is 1. The van der Waals surface area contributed by atoms with E-state index in [2.05, 4.69) is 16.7 Å². The summed E-state index contributed by atoms with van der Waals surface area (Å²) in [5.74, 6) is 0.689. The Balaban J connectivity index is 0.00000181. The van der Waals surface area contributed by atoms with Crippen molar-refractivity contribution < 1.29 is 13.2 Å². The number of nitrogens with zero attached hydrogens (tertiary/aromatic N) is 3. The lowest BCUT2D eigenvalue weighted by Gasteiger charge is -2.34. The molecule has 1 aliphatic rings. The van der Waals surface area contributed by atoms with Crippen LogP contribution in [0.4, 0.5) is 0 Å². The summed E-state index contributed by atoms with van der Waals surface area (Å²) < 4.78 is 33.3. The molecule has 1 saturated heterocycles. The maximum atomic E-state index is 13.4. The molecule has 3 aromatic rings. The highest BCUT2D eigenvalue weighted by Crippen LogP contribution is 2.28. The van der Waals surface area contributed by atoms with Gasteiger partial charge in [-0.25, -0.2) is 12.4 Å². The van der Waals surface area contributed by atoms with Crippen LogP contribution in [0, 0.1) is 0 Å². The van der Waals surface area contributed by atoms with E-state index >= 15 is 0 Å². The molecule has 0 amide bonds. The molecular weight excluding hydrogens is 493 g/mol. The van der Waals surface area contributed by atoms with E-state index in [4.69, 9.17) is 16.3 Å². The van der Waals surface area contributed by atoms with Crippen LogP contribution < -0.4 is 4.74 Å². The SMILES string of the molecule is CCN1CCN(Cc2cc(S(=O)(=O)n3ccc4cc(OC)ccc43)ccc2Cl)CC1.Cl.Cl. The van der Waals surface area contributed by atoms with Crippen molar-refractivity contribution in [1.82, 2.24) is 13.8 Å². The van der Waals surface area contributed by atoms with Crippen LogP contribution in [0.3, 0.4) is 0 Å². The van der Waals surface area contributed by atoms with Gasteiger partial charge in [0.1, 0.15) is 5.75 Å². The summed E-state index contributed by atoms with van der Waals surface area (Å²) in [4.78, 5) is 4.97. The van der Waals surface area contributed by atoms with Gasteiger partial charge in [0.15, 0.2) is 0 Å². The van der Waals surface area contributed by atoms with Crippen molar-refractivity contribution in [1.29, 1.82) is 0 Å². The molecule has 1 aliphatic heterocycles. The quantitative estimate of drug-likeness (QED) is 0.478. The van der Waals surface area contributed by atoms with Gasteiger partial charge in [-0.2, -0.15) is 0 Å². The van der Waals surface area contributed by atoms with Gasteiger partial charge in [-0.15, -0.1) is 24.8 Å². The Morgan fingerprint density at radius 2 is 1.66 bits per heavy atom. The van der Waals surface area contributed by atoms with E-state index in [0.717, 1.165) is 43.7 Å². The lowest BCUT2D eigenvalue weighted by atomic mass is 10.2. The van der Waals surface area contributed by atoms with Crippen LogP contribution in [0.1, 0.15) is 12.5 Å². The second-order valence-corrected chi connectivity index (χ2v) is 9.73. The van der Waals surface area contributed by atoms with Crippen molar-refractivity contribution in [3.05, 3.63) is 59.2 Å². The summed E-state index contributed by atoms with van der Waals surface area (Å²) in [6.07, 6.45) is 1.58. The molecule has 0 bridgehead atoms. The molecule has 10 heteroatoms. The minimum Gasteiger partial charge on any atom is -0.497 e. The molecule has 0 unspecified atom stereocenters. The summed E-state index contributed by atoms with van der Waals surface area (Å²) >= 11 is 6.42. The summed E-state index contributed by atoms with van der Waals surface area (Å²) in [7, 11) is -2.15. The van der Waals surface area contributed by atoms with Gasteiger partial charge in [-0.1, -0.05) is 18.5 Å². The summed E-state index contributed by atoms with van der Waals surface area (Å²) in [5.41, 5.74) is 1.45. The Bertz CT molecular complexity index is 1160. The monoisotopic (exact) mass is 519 g/mol. The molecule has 2 heterocycles. The van der Waals surface area contributed by atoms with E-state index in [-0.39, 0.29) is 29.7 Å². The minimum atomic E-state index is -3.74. The topological polar surface area (TPSA) is 54.8 Å². The predicted octanol–water partition coefficient (Wildman–Crippen LogP) is 4.52. The lowest BCUT2D eigenvalue weighted by molar-refractivity contribution is 0.132. The van der Waals surface area contributed by atoms with Gasteiger partial charge in [0.05, 0.1) is 17.5 Å². The second kappa shape index (κ2) is 11.1. The number of hydrogen-bond acceptors (Lipinski definition) is 5. The van der Waals surface area contributed by atoms with Crippen LogP contribution in [0.15, 0.2) is 53.6 Å². The zero-order valence-corrected chi connectivity index (χ0v) is 21.2. The molecule has 0 aliphatic carbocycles. The molecule has 1 fully saturated rings. The van der Waals surface area contributed by atoms with E-state index < -0.39 is 10.0 Å². The molecule has 2 aromatic carbocycles. The number of methoxy groups -OCH3 is 1. The van der Waals surface area contributed by atoms with Gasteiger partial charge < -0.3 is 9.64 Å². The third-order valence-electron chi connectivity index (χ3n) is 5.74. The molecule has 176 valence electrons. The summed E-state index contributed by atoms with van der Waals surface area (Å²) in [5, 5.41) is 1.40. The first kappa shape index (κ1) is 26.8. The van der Waals surface area contributed by atoms with E-state index in [0.29, 0.717) is 22.8 Å². The van der Waals surface area contributed by atoms with Crippen molar-refractivity contribution in [3.8, 4) is 5.75 Å². The van der Waals surface area contributed by atoms with Gasteiger partial charge in [0.2, 0.25) is 0 Å². The standard InChI is InChI=1S/C22H26ClN3O3S.2ClH/c1-3-24-10-12-25(13-11-24)16-18-15-20(5-6-21(18)23)30(27,28)26-9-8-17-14-19(29-2)4-7-22(17)26;;/h4-9,14-15H,3,10-13,16H2,1-2H3;2*1H. The van der Waals surface area contributed by atoms with Crippen molar-refractivity contribution in [2.75, 3.05) is 39.8 Å². The van der Waals surface area contributed by atoms with Crippen LogP contribution in [-0.2, 0) is 16.6 Å². The van der Waals surface area contributed by atoms with Crippen molar-refractivity contribution in [2.24, 2.45) is 0 Å². The Hall–Kier alpha value is -1.48. The molecule has 32 heavy (non-hydrogen) atoms. The van der Waals surface area contributed by atoms with Crippen LogP contribution in [0.5, 0.6) is 5.75 Å². The first-order valence-electron chi connectivity index (χ1n) is 10.1. The third kappa shape index (κ3) is 5.35. The zero-order chi connectivity index (χ0) is 21.3. The van der Waals surface area contributed by atoms with Crippen LogP contribution in [-0.4, -0.2) is 62.0 Å². The molecule has 0 atom stereocenters. The number of ether oxygens (including phenoxy) is 1. The first-order chi connectivity index (χ1) is 14.4. The normalized spacial score (nSPS) is 15.2. The molecule has 1 aromatic heterocycles. The lowest BCUT2D eigenvalue weighted by Crippen LogP contribution is -2.45. The van der Waals surface area contributed by atoms with E-state index in [1.54, 1.807) is 49.7 Å². The van der Waals surface area contributed by atoms with Crippen molar-refractivity contribution >= 4 is 57.3 Å². The Labute approximate surface area is 207 Å². The Morgan fingerprint density at radius 3 is 2.31 bits per heavy atom. The number of rotatable bonds is 6.